The predicted molar refractivity (Wildman–Crippen MR) is 53.1 cm³/mol. The van der Waals surface area contributed by atoms with E-state index in [9.17, 15) is 9.18 Å². The van der Waals surface area contributed by atoms with E-state index in [2.05, 4.69) is 0 Å². The number of hydrogen-bond acceptors (Lipinski definition) is 2. The smallest absolute Gasteiger partial charge is 0.209 e. The van der Waals surface area contributed by atoms with E-state index >= 15 is 0 Å². The predicted octanol–water partition coefficient (Wildman–Crippen LogP) is 1.44. The summed E-state index contributed by atoms with van der Waals surface area (Å²) in [6.45, 7) is 1.34. The first-order chi connectivity index (χ1) is 7.28. The number of carbonyl (C=O) groups excluding carboxylic acids is 1. The number of benzene rings is 1. The average Bonchev–Trinajstić information content (AvgIpc) is 2.69. The molecular formula is C11H12FNO2. The molecule has 0 radical (unpaired) electrons. The molecule has 0 spiro atoms. The number of halogens is 1. The zero-order valence-corrected chi connectivity index (χ0v) is 8.23. The lowest BCUT2D eigenvalue weighted by Crippen LogP contribution is -2.23. The first kappa shape index (κ1) is 9.96. The van der Waals surface area contributed by atoms with Gasteiger partial charge < -0.3 is 9.64 Å². The van der Waals surface area contributed by atoms with E-state index in [0.29, 0.717) is 12.3 Å². The maximum atomic E-state index is 12.6. The third-order valence-electron chi connectivity index (χ3n) is 2.44. The quantitative estimate of drug-likeness (QED) is 0.705. The molecule has 2 rings (SSSR count). The second-order valence-corrected chi connectivity index (χ2v) is 3.58. The molecule has 1 aromatic carbocycles. The Hall–Kier alpha value is -1.58. The largest absolute Gasteiger partial charge is 0.489 e. The maximum absolute atomic E-state index is 12.6. The number of hydrogen-bond donors (Lipinski definition) is 0. The first-order valence-electron chi connectivity index (χ1n) is 4.89. The van der Waals surface area contributed by atoms with Gasteiger partial charge in [-0.3, -0.25) is 4.79 Å². The monoisotopic (exact) mass is 209 g/mol. The van der Waals surface area contributed by atoms with E-state index in [1.807, 2.05) is 0 Å². The third-order valence-corrected chi connectivity index (χ3v) is 2.44. The fourth-order valence-electron chi connectivity index (χ4n) is 1.65. The second-order valence-electron chi connectivity index (χ2n) is 3.58. The van der Waals surface area contributed by atoms with Gasteiger partial charge in [-0.2, -0.15) is 0 Å². The zero-order chi connectivity index (χ0) is 10.7. The van der Waals surface area contributed by atoms with Gasteiger partial charge in [-0.25, -0.2) is 4.39 Å². The van der Waals surface area contributed by atoms with Crippen LogP contribution in [0.3, 0.4) is 0 Å². The molecule has 1 atom stereocenters. The maximum Gasteiger partial charge on any atom is 0.209 e. The molecule has 3 nitrogen and oxygen atoms in total. The highest BCUT2D eigenvalue weighted by Gasteiger charge is 2.22. The molecular weight excluding hydrogens is 197 g/mol. The lowest BCUT2D eigenvalue weighted by atomic mass is 10.3. The summed E-state index contributed by atoms with van der Waals surface area (Å²) >= 11 is 0. The summed E-state index contributed by atoms with van der Waals surface area (Å²) in [6.07, 6.45) is 1.69. The number of amides is 1. The molecule has 0 aromatic heterocycles. The second kappa shape index (κ2) is 4.29. The summed E-state index contributed by atoms with van der Waals surface area (Å²) in [5.41, 5.74) is 0. The van der Waals surface area contributed by atoms with Crippen molar-refractivity contribution in [2.24, 2.45) is 0 Å². The summed E-state index contributed by atoms with van der Waals surface area (Å²) in [5.74, 6) is 0.373. The Morgan fingerprint density at radius 3 is 2.73 bits per heavy atom. The molecule has 1 aliphatic rings. The van der Waals surface area contributed by atoms with E-state index in [1.165, 1.54) is 12.1 Å². The van der Waals surface area contributed by atoms with Crippen LogP contribution in [0.1, 0.15) is 6.42 Å². The molecule has 1 unspecified atom stereocenters. The fourth-order valence-corrected chi connectivity index (χ4v) is 1.65. The van der Waals surface area contributed by atoms with Crippen LogP contribution >= 0.6 is 0 Å². The van der Waals surface area contributed by atoms with Crippen molar-refractivity contribution in [1.82, 2.24) is 4.90 Å². The number of carbonyl (C=O) groups is 1. The van der Waals surface area contributed by atoms with Gasteiger partial charge in [0.2, 0.25) is 6.41 Å². The standard InChI is InChI=1S/C11H12FNO2/c12-9-1-3-10(4-2-9)15-11-5-6-13(7-11)8-14/h1-4,8,11H,5-7H2. The zero-order valence-electron chi connectivity index (χ0n) is 8.23. The minimum absolute atomic E-state index is 0.0284. The Bertz CT molecular complexity index is 339. The number of nitrogens with zero attached hydrogens (tertiary/aromatic N) is 1. The summed E-state index contributed by atoms with van der Waals surface area (Å²) in [4.78, 5) is 12.1. The highest BCUT2D eigenvalue weighted by Crippen LogP contribution is 2.17. The molecule has 4 heteroatoms. The lowest BCUT2D eigenvalue weighted by molar-refractivity contribution is -0.117. The summed E-state index contributed by atoms with van der Waals surface area (Å²) in [5, 5.41) is 0. The van der Waals surface area contributed by atoms with Crippen molar-refractivity contribution >= 4 is 6.41 Å². The van der Waals surface area contributed by atoms with Crippen LogP contribution in [-0.4, -0.2) is 30.5 Å². The summed E-state index contributed by atoms with van der Waals surface area (Å²) in [6, 6.07) is 5.92. The van der Waals surface area contributed by atoms with Crippen LogP contribution < -0.4 is 4.74 Å². The van der Waals surface area contributed by atoms with E-state index in [1.54, 1.807) is 17.0 Å². The van der Waals surface area contributed by atoms with Gasteiger partial charge in [-0.1, -0.05) is 0 Å². The number of rotatable bonds is 3. The average molecular weight is 209 g/mol. The van der Waals surface area contributed by atoms with Crippen LogP contribution in [0.4, 0.5) is 4.39 Å². The van der Waals surface area contributed by atoms with Crippen molar-refractivity contribution < 1.29 is 13.9 Å². The number of likely N-dealkylation sites (tertiary alicyclic amines) is 1. The van der Waals surface area contributed by atoms with Gasteiger partial charge >= 0.3 is 0 Å². The van der Waals surface area contributed by atoms with Crippen LogP contribution in [0.2, 0.25) is 0 Å². The van der Waals surface area contributed by atoms with Crippen molar-refractivity contribution in [3.05, 3.63) is 30.1 Å². The highest BCUT2D eigenvalue weighted by atomic mass is 19.1. The summed E-state index contributed by atoms with van der Waals surface area (Å²) < 4.78 is 18.2. The lowest BCUT2D eigenvalue weighted by Gasteiger charge is -2.13. The molecule has 1 fully saturated rings. The third kappa shape index (κ3) is 2.46. The van der Waals surface area contributed by atoms with Gasteiger partial charge in [0.05, 0.1) is 6.54 Å². The van der Waals surface area contributed by atoms with Crippen molar-refractivity contribution in [2.45, 2.75) is 12.5 Å². The Morgan fingerprint density at radius 2 is 2.13 bits per heavy atom. The SMILES string of the molecule is O=CN1CCC(Oc2ccc(F)cc2)C1. The Labute approximate surface area is 87.5 Å². The van der Waals surface area contributed by atoms with E-state index < -0.39 is 0 Å². The van der Waals surface area contributed by atoms with Crippen molar-refractivity contribution in [3.63, 3.8) is 0 Å². The highest BCUT2D eigenvalue weighted by molar-refractivity contribution is 5.47. The van der Waals surface area contributed by atoms with Crippen molar-refractivity contribution in [1.29, 1.82) is 0 Å². The molecule has 0 N–H and O–H groups in total. The molecule has 0 bridgehead atoms. The van der Waals surface area contributed by atoms with Crippen LogP contribution in [0.15, 0.2) is 24.3 Å². The van der Waals surface area contributed by atoms with Gasteiger partial charge in [0.15, 0.2) is 0 Å². The van der Waals surface area contributed by atoms with Crippen molar-refractivity contribution in [2.75, 3.05) is 13.1 Å². The van der Waals surface area contributed by atoms with E-state index in [4.69, 9.17) is 4.74 Å². The molecule has 1 amide bonds. The number of ether oxygens (including phenoxy) is 1. The van der Waals surface area contributed by atoms with Gasteiger partial charge in [0.1, 0.15) is 17.7 Å². The minimum Gasteiger partial charge on any atom is -0.489 e. The molecule has 1 heterocycles. The van der Waals surface area contributed by atoms with Crippen LogP contribution in [-0.2, 0) is 4.79 Å². The van der Waals surface area contributed by atoms with E-state index in [-0.39, 0.29) is 11.9 Å². The van der Waals surface area contributed by atoms with Gasteiger partial charge in [-0.05, 0) is 24.3 Å². The molecule has 0 saturated carbocycles. The van der Waals surface area contributed by atoms with Crippen LogP contribution in [0, 0.1) is 5.82 Å². The van der Waals surface area contributed by atoms with Crippen molar-refractivity contribution in [3.8, 4) is 5.75 Å². The molecule has 0 aliphatic carbocycles. The van der Waals surface area contributed by atoms with Gasteiger partial charge in [0, 0.05) is 13.0 Å². The molecule has 80 valence electrons. The Balaban J connectivity index is 1.92. The normalized spacial score (nSPS) is 20.3. The molecule has 1 saturated heterocycles. The topological polar surface area (TPSA) is 29.5 Å². The van der Waals surface area contributed by atoms with Crippen LogP contribution in [0.25, 0.3) is 0 Å². The van der Waals surface area contributed by atoms with Gasteiger partial charge in [0.25, 0.3) is 0 Å². The minimum atomic E-state index is -0.275. The van der Waals surface area contributed by atoms with Crippen LogP contribution in [0.5, 0.6) is 5.75 Å². The molecule has 1 aromatic rings. The fraction of sp³-hybridized carbons (Fsp3) is 0.364. The molecule has 15 heavy (non-hydrogen) atoms. The first-order valence-corrected chi connectivity index (χ1v) is 4.89. The van der Waals surface area contributed by atoms with Gasteiger partial charge in [-0.15, -0.1) is 0 Å². The summed E-state index contributed by atoms with van der Waals surface area (Å²) in [7, 11) is 0. The Morgan fingerprint density at radius 1 is 1.40 bits per heavy atom. The molecule has 1 aliphatic heterocycles. The Kier molecular flexibility index (Phi) is 2.85. The van der Waals surface area contributed by atoms with E-state index in [0.717, 1.165) is 19.4 Å².